The Morgan fingerprint density at radius 3 is 2.61 bits per heavy atom. The average Bonchev–Trinajstić information content (AvgIpc) is 3.40. The molecular weight excluding hydrogens is 358 g/mol. The number of hydrogen-bond donors (Lipinski definition) is 1. The first kappa shape index (κ1) is 17.6. The number of nitrogens with one attached hydrogen (secondary N) is 1. The number of anilines is 1. The molecule has 6 nitrogen and oxygen atoms in total. The lowest BCUT2D eigenvalue weighted by Gasteiger charge is -2.10. The van der Waals surface area contributed by atoms with Crippen LogP contribution in [0.1, 0.15) is 26.7 Å². The average molecular weight is 375 g/mol. The minimum absolute atomic E-state index is 0.165. The van der Waals surface area contributed by atoms with Crippen molar-refractivity contribution in [2.75, 3.05) is 11.9 Å². The highest BCUT2D eigenvalue weighted by Gasteiger charge is 2.17. The summed E-state index contributed by atoms with van der Waals surface area (Å²) in [7, 11) is 0. The molecule has 0 amide bonds. The first-order chi connectivity index (χ1) is 13.7. The second-order valence-electron chi connectivity index (χ2n) is 6.13. The maximum atomic E-state index is 12.5. The first-order valence-electron chi connectivity index (χ1n) is 8.75. The molecule has 4 aromatic rings. The zero-order chi connectivity index (χ0) is 19.3. The summed E-state index contributed by atoms with van der Waals surface area (Å²) in [5.74, 6) is -0.0842. The predicted octanol–water partition coefficient (Wildman–Crippen LogP) is 4.68. The zero-order valence-electron chi connectivity index (χ0n) is 14.9. The lowest BCUT2D eigenvalue weighted by molar-refractivity contribution is 0.0469. The van der Waals surface area contributed by atoms with Crippen molar-refractivity contribution in [1.82, 2.24) is 0 Å². The second-order valence-corrected chi connectivity index (χ2v) is 6.13. The van der Waals surface area contributed by atoms with Gasteiger partial charge >= 0.3 is 5.97 Å². The normalized spacial score (nSPS) is 10.7. The fraction of sp³-hybridized carbons (Fsp3) is 0.0909. The number of furan rings is 2. The van der Waals surface area contributed by atoms with E-state index in [2.05, 4.69) is 5.32 Å². The number of benzene rings is 2. The number of Topliss-reactive ketones (excluding diaryl/α,β-unsaturated/α-hetero) is 1. The van der Waals surface area contributed by atoms with Crippen LogP contribution in [0.2, 0.25) is 0 Å². The van der Waals surface area contributed by atoms with Crippen LogP contribution in [0, 0.1) is 0 Å². The molecule has 2 aromatic carbocycles. The Kier molecular flexibility index (Phi) is 4.93. The van der Waals surface area contributed by atoms with Crippen LogP contribution in [0.5, 0.6) is 0 Å². The molecule has 0 aliphatic heterocycles. The molecule has 1 N–H and O–H groups in total. The van der Waals surface area contributed by atoms with Gasteiger partial charge in [0.05, 0.1) is 18.4 Å². The van der Waals surface area contributed by atoms with E-state index >= 15 is 0 Å². The highest BCUT2D eigenvalue weighted by atomic mass is 16.5. The minimum atomic E-state index is -0.591. The van der Waals surface area contributed by atoms with Gasteiger partial charge in [0.1, 0.15) is 11.3 Å². The van der Waals surface area contributed by atoms with E-state index in [4.69, 9.17) is 13.6 Å². The number of hydrogen-bond acceptors (Lipinski definition) is 6. The predicted molar refractivity (Wildman–Crippen MR) is 103 cm³/mol. The van der Waals surface area contributed by atoms with Gasteiger partial charge in [-0.1, -0.05) is 30.3 Å². The van der Waals surface area contributed by atoms with E-state index in [0.29, 0.717) is 23.4 Å². The molecule has 0 saturated carbocycles. The maximum absolute atomic E-state index is 12.5. The Morgan fingerprint density at radius 2 is 1.79 bits per heavy atom. The van der Waals surface area contributed by atoms with Crippen molar-refractivity contribution < 1.29 is 23.2 Å². The maximum Gasteiger partial charge on any atom is 0.340 e. The van der Waals surface area contributed by atoms with Gasteiger partial charge in [0.25, 0.3) is 0 Å². The largest absolute Gasteiger partial charge is 0.467 e. The summed E-state index contributed by atoms with van der Waals surface area (Å²) in [6.45, 7) is 0.0282. The number of rotatable bonds is 7. The van der Waals surface area contributed by atoms with E-state index in [1.165, 1.54) is 0 Å². The number of carbonyl (C=O) groups excluding carboxylic acids is 2. The van der Waals surface area contributed by atoms with E-state index in [1.54, 1.807) is 48.7 Å². The van der Waals surface area contributed by atoms with Crippen molar-refractivity contribution in [3.05, 3.63) is 90.1 Å². The molecule has 6 heteroatoms. The lowest BCUT2D eigenvalue weighted by Crippen LogP contribution is -2.15. The summed E-state index contributed by atoms with van der Waals surface area (Å²) in [4.78, 5) is 24.8. The molecule has 2 aromatic heterocycles. The Labute approximate surface area is 160 Å². The van der Waals surface area contributed by atoms with Gasteiger partial charge in [-0.15, -0.1) is 0 Å². The van der Waals surface area contributed by atoms with E-state index in [9.17, 15) is 9.59 Å². The van der Waals surface area contributed by atoms with Crippen molar-refractivity contribution in [3.63, 3.8) is 0 Å². The SMILES string of the molecule is O=C(COC(=O)c1ccccc1NCc1ccco1)c1cc2ccccc2o1. The van der Waals surface area contributed by atoms with Gasteiger partial charge in [-0.05, 0) is 36.4 Å². The third kappa shape index (κ3) is 3.81. The van der Waals surface area contributed by atoms with Crippen LogP contribution in [-0.2, 0) is 11.3 Å². The van der Waals surface area contributed by atoms with Gasteiger partial charge in [-0.2, -0.15) is 0 Å². The van der Waals surface area contributed by atoms with Gasteiger partial charge in [0.15, 0.2) is 12.4 Å². The van der Waals surface area contributed by atoms with Crippen molar-refractivity contribution in [2.24, 2.45) is 0 Å². The number of esters is 1. The van der Waals surface area contributed by atoms with Crippen LogP contribution in [0.4, 0.5) is 5.69 Å². The van der Waals surface area contributed by atoms with Crippen molar-refractivity contribution in [1.29, 1.82) is 0 Å². The quantitative estimate of drug-likeness (QED) is 0.373. The summed E-state index contributed by atoms with van der Waals surface area (Å²) in [6, 6.07) is 19.5. The van der Waals surface area contributed by atoms with Crippen molar-refractivity contribution >= 4 is 28.4 Å². The lowest BCUT2D eigenvalue weighted by atomic mass is 10.1. The molecule has 4 rings (SSSR count). The zero-order valence-corrected chi connectivity index (χ0v) is 14.9. The van der Waals surface area contributed by atoms with Gasteiger partial charge in [0, 0.05) is 11.1 Å². The topological polar surface area (TPSA) is 81.7 Å². The fourth-order valence-electron chi connectivity index (χ4n) is 2.81. The number of para-hydroxylation sites is 2. The third-order valence-electron chi connectivity index (χ3n) is 4.21. The highest BCUT2D eigenvalue weighted by Crippen LogP contribution is 2.20. The highest BCUT2D eigenvalue weighted by molar-refractivity contribution is 6.01. The Morgan fingerprint density at radius 1 is 0.964 bits per heavy atom. The number of carbonyl (C=O) groups is 2. The van der Waals surface area contributed by atoms with Crippen LogP contribution in [-0.4, -0.2) is 18.4 Å². The summed E-state index contributed by atoms with van der Waals surface area (Å²) in [5, 5.41) is 3.96. The molecule has 0 spiro atoms. The van der Waals surface area contributed by atoms with Gasteiger partial charge < -0.3 is 18.9 Å². The van der Waals surface area contributed by atoms with E-state index in [0.717, 1.165) is 11.1 Å². The van der Waals surface area contributed by atoms with Crippen LogP contribution in [0.25, 0.3) is 11.0 Å². The molecule has 0 unspecified atom stereocenters. The third-order valence-corrected chi connectivity index (χ3v) is 4.21. The van der Waals surface area contributed by atoms with Crippen LogP contribution < -0.4 is 5.32 Å². The fourth-order valence-corrected chi connectivity index (χ4v) is 2.81. The van der Waals surface area contributed by atoms with Gasteiger partial charge in [0.2, 0.25) is 5.78 Å². The first-order valence-corrected chi connectivity index (χ1v) is 8.75. The van der Waals surface area contributed by atoms with Crippen molar-refractivity contribution in [3.8, 4) is 0 Å². The number of ketones is 1. The monoisotopic (exact) mass is 375 g/mol. The number of fused-ring (bicyclic) bond motifs is 1. The van der Waals surface area contributed by atoms with Crippen LogP contribution in [0.3, 0.4) is 0 Å². The van der Waals surface area contributed by atoms with Gasteiger partial charge in [-0.25, -0.2) is 4.79 Å². The molecule has 0 aliphatic rings. The summed E-state index contributed by atoms with van der Waals surface area (Å²) < 4.78 is 16.0. The standard InChI is InChI=1S/C22H17NO5/c24-19(21-12-15-6-1-4-10-20(15)28-21)14-27-22(25)17-8-2-3-9-18(17)23-13-16-7-5-11-26-16/h1-12,23H,13-14H2. The Balaban J connectivity index is 1.41. The van der Waals surface area contributed by atoms with E-state index in [-0.39, 0.29) is 5.76 Å². The van der Waals surface area contributed by atoms with Gasteiger partial charge in [-0.3, -0.25) is 4.79 Å². The molecule has 0 saturated heterocycles. The molecule has 2 heterocycles. The second kappa shape index (κ2) is 7.84. The minimum Gasteiger partial charge on any atom is -0.467 e. The Hall–Kier alpha value is -3.80. The summed E-state index contributed by atoms with van der Waals surface area (Å²) in [6.07, 6.45) is 1.58. The molecule has 0 bridgehead atoms. The molecule has 0 radical (unpaired) electrons. The molecule has 0 fully saturated rings. The van der Waals surface area contributed by atoms with Crippen LogP contribution >= 0.6 is 0 Å². The molecular formula is C22H17NO5. The van der Waals surface area contributed by atoms with Crippen molar-refractivity contribution in [2.45, 2.75) is 6.54 Å². The molecule has 0 aliphatic carbocycles. The van der Waals surface area contributed by atoms with E-state index < -0.39 is 18.4 Å². The molecule has 0 atom stereocenters. The molecule has 28 heavy (non-hydrogen) atoms. The Bertz CT molecular complexity index is 1080. The smallest absolute Gasteiger partial charge is 0.340 e. The number of ether oxygens (including phenoxy) is 1. The van der Waals surface area contributed by atoms with E-state index in [1.807, 2.05) is 24.3 Å². The summed E-state index contributed by atoms with van der Waals surface area (Å²) >= 11 is 0. The molecule has 140 valence electrons. The summed E-state index contributed by atoms with van der Waals surface area (Å²) in [5.41, 5.74) is 1.55. The van der Waals surface area contributed by atoms with Crippen LogP contribution in [0.15, 0.2) is 81.8 Å².